The number of H-pyrrole nitrogens is 1. The molecule has 112 valence electrons. The lowest BCUT2D eigenvalue weighted by atomic mass is 9.94. The molecule has 0 aliphatic heterocycles. The van der Waals surface area contributed by atoms with Crippen molar-refractivity contribution in [2.24, 2.45) is 0 Å². The molecule has 6 heteroatoms. The summed E-state index contributed by atoms with van der Waals surface area (Å²) in [6.45, 7) is 0. The zero-order chi connectivity index (χ0) is 14.9. The molecule has 0 bridgehead atoms. The third-order valence-corrected chi connectivity index (χ3v) is 4.38. The number of aromatic nitrogens is 4. The van der Waals surface area contributed by atoms with Gasteiger partial charge in [0.25, 0.3) is 0 Å². The van der Waals surface area contributed by atoms with Crippen molar-refractivity contribution in [1.29, 1.82) is 0 Å². The Bertz CT molecular complexity index is 783. The van der Waals surface area contributed by atoms with Crippen LogP contribution in [-0.2, 0) is 0 Å². The predicted molar refractivity (Wildman–Crippen MR) is 82.1 cm³/mol. The molecule has 2 aromatic heterocycles. The highest BCUT2D eigenvalue weighted by molar-refractivity contribution is 5.85. The Morgan fingerprint density at radius 3 is 2.86 bits per heavy atom. The first-order valence-electron chi connectivity index (χ1n) is 7.47. The van der Waals surface area contributed by atoms with Crippen molar-refractivity contribution < 1.29 is 4.39 Å². The van der Waals surface area contributed by atoms with E-state index < -0.39 is 0 Å². The summed E-state index contributed by atoms with van der Waals surface area (Å²) in [5, 5.41) is 11.3. The van der Waals surface area contributed by atoms with Gasteiger partial charge in [0.2, 0.25) is 0 Å². The molecule has 2 N–H and O–H groups in total. The minimum absolute atomic E-state index is 0.192. The van der Waals surface area contributed by atoms with Crippen LogP contribution in [0.2, 0.25) is 0 Å². The molecule has 2 heterocycles. The Kier molecular flexibility index (Phi) is 3.21. The number of halogens is 1. The van der Waals surface area contributed by atoms with Crippen molar-refractivity contribution in [3.63, 3.8) is 0 Å². The first kappa shape index (κ1) is 13.2. The van der Waals surface area contributed by atoms with Gasteiger partial charge in [-0.25, -0.2) is 14.4 Å². The highest BCUT2D eigenvalue weighted by Gasteiger charge is 2.29. The molecule has 1 fully saturated rings. The van der Waals surface area contributed by atoms with Crippen LogP contribution >= 0.6 is 0 Å². The lowest BCUT2D eigenvalue weighted by molar-refractivity contribution is 0.618. The molecular weight excluding hydrogens is 281 g/mol. The van der Waals surface area contributed by atoms with Crippen molar-refractivity contribution in [1.82, 2.24) is 20.2 Å². The molecule has 0 radical (unpaired) electrons. The van der Waals surface area contributed by atoms with Gasteiger partial charge in [0, 0.05) is 12.0 Å². The van der Waals surface area contributed by atoms with Crippen LogP contribution in [0, 0.1) is 5.82 Å². The molecule has 1 aliphatic carbocycles. The minimum atomic E-state index is -0.192. The number of benzene rings is 1. The fraction of sp³-hybridized carbons (Fsp3) is 0.312. The number of hydrogen-bond donors (Lipinski definition) is 2. The molecular formula is C16H16FN5. The van der Waals surface area contributed by atoms with Crippen LogP contribution in [0.25, 0.3) is 11.0 Å². The lowest BCUT2D eigenvalue weighted by Gasteiger charge is -2.22. The van der Waals surface area contributed by atoms with Gasteiger partial charge >= 0.3 is 0 Å². The molecule has 0 spiro atoms. The van der Waals surface area contributed by atoms with E-state index in [1.54, 1.807) is 6.20 Å². The number of hydrogen-bond acceptors (Lipinski definition) is 4. The summed E-state index contributed by atoms with van der Waals surface area (Å²) in [6.07, 6.45) is 6.60. The standard InChI is InChI=1S/C16H16FN5/c17-11-6-4-10(5-7-11)12-2-1-3-14(12)21-15-13-8-20-22-16(13)19-9-18-15/h4-9,12,14H,1-3H2,(H2,18,19,20,21,22). The fourth-order valence-corrected chi connectivity index (χ4v) is 3.30. The van der Waals surface area contributed by atoms with E-state index in [9.17, 15) is 4.39 Å². The Morgan fingerprint density at radius 2 is 2.00 bits per heavy atom. The minimum Gasteiger partial charge on any atom is -0.366 e. The van der Waals surface area contributed by atoms with Gasteiger partial charge < -0.3 is 5.32 Å². The first-order chi connectivity index (χ1) is 10.8. The number of nitrogens with one attached hydrogen (secondary N) is 2. The molecule has 1 saturated carbocycles. The van der Waals surface area contributed by atoms with Crippen LogP contribution in [-0.4, -0.2) is 26.2 Å². The van der Waals surface area contributed by atoms with E-state index >= 15 is 0 Å². The van der Waals surface area contributed by atoms with E-state index in [1.165, 1.54) is 24.0 Å². The third-order valence-electron chi connectivity index (χ3n) is 4.38. The number of nitrogens with zero attached hydrogens (tertiary/aromatic N) is 3. The molecule has 1 aromatic carbocycles. The Hall–Kier alpha value is -2.50. The zero-order valence-corrected chi connectivity index (χ0v) is 12.0. The van der Waals surface area contributed by atoms with Gasteiger partial charge in [-0.1, -0.05) is 18.6 Å². The van der Waals surface area contributed by atoms with Crippen LogP contribution in [0.15, 0.2) is 36.8 Å². The highest BCUT2D eigenvalue weighted by Crippen LogP contribution is 2.36. The van der Waals surface area contributed by atoms with Gasteiger partial charge in [-0.2, -0.15) is 5.10 Å². The van der Waals surface area contributed by atoms with E-state index in [2.05, 4.69) is 25.5 Å². The van der Waals surface area contributed by atoms with Gasteiger partial charge in [0.15, 0.2) is 5.65 Å². The fourth-order valence-electron chi connectivity index (χ4n) is 3.30. The van der Waals surface area contributed by atoms with E-state index in [-0.39, 0.29) is 5.82 Å². The molecule has 5 nitrogen and oxygen atoms in total. The van der Waals surface area contributed by atoms with Crippen molar-refractivity contribution in [3.8, 4) is 0 Å². The molecule has 0 amide bonds. The van der Waals surface area contributed by atoms with E-state index in [4.69, 9.17) is 0 Å². The third kappa shape index (κ3) is 2.30. The number of anilines is 1. The zero-order valence-electron chi connectivity index (χ0n) is 12.0. The monoisotopic (exact) mass is 297 g/mol. The second-order valence-corrected chi connectivity index (χ2v) is 5.69. The second-order valence-electron chi connectivity index (χ2n) is 5.69. The molecule has 0 saturated heterocycles. The SMILES string of the molecule is Fc1ccc(C2CCCC2Nc2ncnc3[nH]ncc23)cc1. The van der Waals surface area contributed by atoms with Crippen molar-refractivity contribution in [3.05, 3.63) is 48.2 Å². The summed E-state index contributed by atoms with van der Waals surface area (Å²) >= 11 is 0. The molecule has 2 atom stereocenters. The summed E-state index contributed by atoms with van der Waals surface area (Å²) in [4.78, 5) is 8.50. The van der Waals surface area contributed by atoms with Gasteiger partial charge in [-0.05, 0) is 30.5 Å². The largest absolute Gasteiger partial charge is 0.366 e. The molecule has 2 unspecified atom stereocenters. The average molecular weight is 297 g/mol. The smallest absolute Gasteiger partial charge is 0.160 e. The van der Waals surface area contributed by atoms with E-state index in [0.29, 0.717) is 12.0 Å². The quantitative estimate of drug-likeness (QED) is 0.779. The van der Waals surface area contributed by atoms with Gasteiger partial charge in [-0.3, -0.25) is 5.10 Å². The number of rotatable bonds is 3. The maximum atomic E-state index is 13.1. The summed E-state index contributed by atoms with van der Waals surface area (Å²) < 4.78 is 13.1. The Morgan fingerprint density at radius 1 is 1.14 bits per heavy atom. The molecule has 1 aliphatic rings. The van der Waals surface area contributed by atoms with Crippen molar-refractivity contribution in [2.75, 3.05) is 5.32 Å². The number of fused-ring (bicyclic) bond motifs is 1. The van der Waals surface area contributed by atoms with Crippen molar-refractivity contribution >= 4 is 16.9 Å². The highest BCUT2D eigenvalue weighted by atomic mass is 19.1. The van der Waals surface area contributed by atoms with Crippen LogP contribution in [0.3, 0.4) is 0 Å². The topological polar surface area (TPSA) is 66.5 Å². The summed E-state index contributed by atoms with van der Waals surface area (Å²) in [6, 6.07) is 7.12. The Labute approximate surface area is 127 Å². The first-order valence-corrected chi connectivity index (χ1v) is 7.47. The van der Waals surface area contributed by atoms with Crippen LogP contribution < -0.4 is 5.32 Å². The van der Waals surface area contributed by atoms with Gasteiger partial charge in [-0.15, -0.1) is 0 Å². The van der Waals surface area contributed by atoms with Crippen molar-refractivity contribution in [2.45, 2.75) is 31.2 Å². The maximum Gasteiger partial charge on any atom is 0.160 e. The maximum absolute atomic E-state index is 13.1. The summed E-state index contributed by atoms with van der Waals surface area (Å²) in [5.41, 5.74) is 1.91. The summed E-state index contributed by atoms with van der Waals surface area (Å²) in [5.74, 6) is 0.984. The molecule has 22 heavy (non-hydrogen) atoms. The predicted octanol–water partition coefficient (Wildman–Crippen LogP) is 3.24. The van der Waals surface area contributed by atoms with Crippen LogP contribution in [0.4, 0.5) is 10.2 Å². The van der Waals surface area contributed by atoms with Gasteiger partial charge in [0.05, 0.1) is 11.6 Å². The molecule has 3 aromatic rings. The number of aromatic amines is 1. The Balaban J connectivity index is 1.61. The lowest BCUT2D eigenvalue weighted by Crippen LogP contribution is -2.23. The van der Waals surface area contributed by atoms with Crippen LogP contribution in [0.1, 0.15) is 30.7 Å². The second kappa shape index (κ2) is 5.36. The van der Waals surface area contributed by atoms with Gasteiger partial charge in [0.1, 0.15) is 18.0 Å². The average Bonchev–Trinajstić information content (AvgIpc) is 3.17. The van der Waals surface area contributed by atoms with Crippen LogP contribution in [0.5, 0.6) is 0 Å². The summed E-state index contributed by atoms with van der Waals surface area (Å²) in [7, 11) is 0. The van der Waals surface area contributed by atoms with E-state index in [1.807, 2.05) is 12.1 Å². The van der Waals surface area contributed by atoms with E-state index in [0.717, 1.165) is 36.1 Å². The normalized spacial score (nSPS) is 21.3. The molecule has 4 rings (SSSR count).